The Morgan fingerprint density at radius 3 is 2.80 bits per heavy atom. The quantitative estimate of drug-likeness (QED) is 0.684. The van der Waals surface area contributed by atoms with Crippen molar-refractivity contribution in [2.45, 2.75) is 51.7 Å². The van der Waals surface area contributed by atoms with Crippen LogP contribution >= 0.6 is 0 Å². The van der Waals surface area contributed by atoms with Crippen molar-refractivity contribution in [3.8, 4) is 0 Å². The molecule has 0 aromatic rings. The van der Waals surface area contributed by atoms with Gasteiger partial charge in [0.05, 0.1) is 13.2 Å². The number of hydrogen-bond acceptors (Lipinski definition) is 5. The molecule has 0 aliphatic carbocycles. The molecule has 2 unspecified atom stereocenters. The van der Waals surface area contributed by atoms with E-state index in [1.165, 1.54) is 7.11 Å². The molecule has 1 N–H and O–H groups in total. The topological polar surface area (TPSA) is 50.8 Å². The number of ether oxygens (including phenoxy) is 2. The molecule has 0 aromatic carbocycles. The molecule has 1 heterocycles. The summed E-state index contributed by atoms with van der Waals surface area (Å²) in [4.78, 5) is 14.3. The van der Waals surface area contributed by atoms with E-state index in [9.17, 15) is 4.79 Å². The zero-order chi connectivity index (χ0) is 15.0. The van der Waals surface area contributed by atoms with Crippen LogP contribution < -0.4 is 5.32 Å². The number of rotatable bonds is 8. The number of hydrogen-bond donors (Lipinski definition) is 1. The Kier molecular flexibility index (Phi) is 7.48. The Hall–Kier alpha value is -0.650. The van der Waals surface area contributed by atoms with Gasteiger partial charge >= 0.3 is 5.97 Å². The lowest BCUT2D eigenvalue weighted by Crippen LogP contribution is -2.59. The number of likely N-dealkylation sites (N-methyl/N-ethyl adjacent to an activating group) is 1. The first kappa shape index (κ1) is 17.4. The highest BCUT2D eigenvalue weighted by Crippen LogP contribution is 2.17. The van der Waals surface area contributed by atoms with Crippen LogP contribution in [0.3, 0.4) is 0 Å². The highest BCUT2D eigenvalue weighted by Gasteiger charge is 2.36. The molecule has 0 bridgehead atoms. The number of carbonyl (C=O) groups is 1. The van der Waals surface area contributed by atoms with Crippen molar-refractivity contribution in [3.63, 3.8) is 0 Å². The third-order valence-corrected chi connectivity index (χ3v) is 3.76. The molecular formula is C15H30N2O3. The van der Waals surface area contributed by atoms with Gasteiger partial charge in [0, 0.05) is 19.7 Å². The van der Waals surface area contributed by atoms with Crippen LogP contribution in [-0.2, 0) is 14.3 Å². The summed E-state index contributed by atoms with van der Waals surface area (Å²) in [5.41, 5.74) is -0.643. The first-order valence-corrected chi connectivity index (χ1v) is 7.73. The van der Waals surface area contributed by atoms with Crippen LogP contribution in [0.25, 0.3) is 0 Å². The number of likely N-dealkylation sites (tertiary alicyclic amines) is 1. The number of nitrogens with zero attached hydrogens (tertiary/aromatic N) is 1. The average Bonchev–Trinajstić information content (AvgIpc) is 2.44. The molecule has 1 aliphatic rings. The molecule has 5 heteroatoms. The highest BCUT2D eigenvalue weighted by molar-refractivity contribution is 5.80. The molecule has 0 amide bonds. The van der Waals surface area contributed by atoms with E-state index >= 15 is 0 Å². The Bertz CT molecular complexity index is 299. The fourth-order valence-corrected chi connectivity index (χ4v) is 2.83. The maximum absolute atomic E-state index is 12.0. The summed E-state index contributed by atoms with van der Waals surface area (Å²) in [6.45, 7) is 10.2. The summed E-state index contributed by atoms with van der Waals surface area (Å²) < 4.78 is 10.8. The first-order valence-electron chi connectivity index (χ1n) is 7.73. The zero-order valence-electron chi connectivity index (χ0n) is 13.4. The van der Waals surface area contributed by atoms with E-state index in [0.717, 1.165) is 45.5 Å². The summed E-state index contributed by atoms with van der Waals surface area (Å²) in [5.74, 6) is -0.198. The number of nitrogens with one attached hydrogen (secondary N) is 1. The summed E-state index contributed by atoms with van der Waals surface area (Å²) in [6, 6.07) is 0. The van der Waals surface area contributed by atoms with E-state index in [-0.39, 0.29) is 5.97 Å². The molecule has 0 aromatic heterocycles. The average molecular weight is 286 g/mol. The second-order valence-electron chi connectivity index (χ2n) is 5.72. The number of piperidine rings is 1. The maximum Gasteiger partial charge on any atom is 0.327 e. The molecule has 5 nitrogen and oxygen atoms in total. The largest absolute Gasteiger partial charge is 0.468 e. The van der Waals surface area contributed by atoms with Crippen LogP contribution in [-0.4, -0.2) is 62.4 Å². The SMILES string of the molecule is CCCOC1CCCN(CC(C)(NCC)C(=O)OC)C1. The van der Waals surface area contributed by atoms with E-state index in [1.807, 2.05) is 13.8 Å². The van der Waals surface area contributed by atoms with Crippen molar-refractivity contribution in [2.75, 3.05) is 39.9 Å². The second kappa shape index (κ2) is 8.60. The van der Waals surface area contributed by atoms with E-state index in [4.69, 9.17) is 9.47 Å². The van der Waals surface area contributed by atoms with Gasteiger partial charge in [-0.2, -0.15) is 0 Å². The minimum absolute atomic E-state index is 0.198. The fourth-order valence-electron chi connectivity index (χ4n) is 2.83. The number of carbonyl (C=O) groups excluding carboxylic acids is 1. The van der Waals surface area contributed by atoms with Gasteiger partial charge < -0.3 is 14.8 Å². The molecule has 0 radical (unpaired) electrons. The van der Waals surface area contributed by atoms with Crippen LogP contribution in [0.5, 0.6) is 0 Å². The van der Waals surface area contributed by atoms with E-state index in [0.29, 0.717) is 12.6 Å². The molecule has 0 saturated carbocycles. The van der Waals surface area contributed by atoms with Gasteiger partial charge in [-0.25, -0.2) is 0 Å². The molecule has 1 rings (SSSR count). The van der Waals surface area contributed by atoms with Crippen molar-refractivity contribution in [1.29, 1.82) is 0 Å². The predicted octanol–water partition coefficient (Wildman–Crippen LogP) is 1.42. The van der Waals surface area contributed by atoms with Gasteiger partial charge in [0.1, 0.15) is 5.54 Å². The smallest absolute Gasteiger partial charge is 0.327 e. The van der Waals surface area contributed by atoms with Crippen molar-refractivity contribution >= 4 is 5.97 Å². The third kappa shape index (κ3) is 5.04. The van der Waals surface area contributed by atoms with Crippen LogP contribution in [0.15, 0.2) is 0 Å². The molecule has 1 fully saturated rings. The summed E-state index contributed by atoms with van der Waals surface area (Å²) in [7, 11) is 1.45. The van der Waals surface area contributed by atoms with Crippen molar-refractivity contribution < 1.29 is 14.3 Å². The standard InChI is InChI=1S/C15H30N2O3/c1-5-10-20-13-8-7-9-17(11-13)12-15(3,16-6-2)14(18)19-4/h13,16H,5-12H2,1-4H3. The Morgan fingerprint density at radius 2 is 2.20 bits per heavy atom. The third-order valence-electron chi connectivity index (χ3n) is 3.76. The van der Waals surface area contributed by atoms with Gasteiger partial charge in [0.15, 0.2) is 0 Å². The number of esters is 1. The monoisotopic (exact) mass is 286 g/mol. The maximum atomic E-state index is 12.0. The summed E-state index contributed by atoms with van der Waals surface area (Å²) in [6.07, 6.45) is 3.59. The van der Waals surface area contributed by atoms with Gasteiger partial charge in [-0.1, -0.05) is 13.8 Å². The molecule has 1 saturated heterocycles. The lowest BCUT2D eigenvalue weighted by Gasteiger charge is -2.38. The van der Waals surface area contributed by atoms with E-state index in [2.05, 4.69) is 17.1 Å². The van der Waals surface area contributed by atoms with Crippen LogP contribution in [0.1, 0.15) is 40.0 Å². The predicted molar refractivity (Wildman–Crippen MR) is 79.8 cm³/mol. The summed E-state index contributed by atoms with van der Waals surface area (Å²) in [5, 5.41) is 3.26. The van der Waals surface area contributed by atoms with Crippen LogP contribution in [0.4, 0.5) is 0 Å². The van der Waals surface area contributed by atoms with Crippen molar-refractivity contribution in [3.05, 3.63) is 0 Å². The Morgan fingerprint density at radius 1 is 1.45 bits per heavy atom. The van der Waals surface area contributed by atoms with Crippen LogP contribution in [0, 0.1) is 0 Å². The zero-order valence-corrected chi connectivity index (χ0v) is 13.4. The molecule has 20 heavy (non-hydrogen) atoms. The van der Waals surface area contributed by atoms with Crippen LogP contribution in [0.2, 0.25) is 0 Å². The van der Waals surface area contributed by atoms with E-state index in [1.54, 1.807) is 0 Å². The fraction of sp³-hybridized carbons (Fsp3) is 0.933. The summed E-state index contributed by atoms with van der Waals surface area (Å²) >= 11 is 0. The second-order valence-corrected chi connectivity index (χ2v) is 5.72. The molecular weight excluding hydrogens is 256 g/mol. The Balaban J connectivity index is 2.57. The Labute approximate surface area is 123 Å². The molecule has 2 atom stereocenters. The highest BCUT2D eigenvalue weighted by atomic mass is 16.5. The molecule has 1 aliphatic heterocycles. The normalized spacial score (nSPS) is 23.3. The van der Waals surface area contributed by atoms with Gasteiger partial charge in [-0.3, -0.25) is 9.69 Å². The van der Waals surface area contributed by atoms with Gasteiger partial charge in [0.2, 0.25) is 0 Å². The number of methoxy groups -OCH3 is 1. The first-order chi connectivity index (χ1) is 9.55. The minimum Gasteiger partial charge on any atom is -0.468 e. The molecule has 118 valence electrons. The van der Waals surface area contributed by atoms with Crippen molar-refractivity contribution in [1.82, 2.24) is 10.2 Å². The van der Waals surface area contributed by atoms with Crippen molar-refractivity contribution in [2.24, 2.45) is 0 Å². The lowest BCUT2D eigenvalue weighted by molar-refractivity contribution is -0.149. The molecule has 0 spiro atoms. The lowest BCUT2D eigenvalue weighted by atomic mass is 9.99. The van der Waals surface area contributed by atoms with Gasteiger partial charge in [-0.05, 0) is 39.3 Å². The van der Waals surface area contributed by atoms with Gasteiger partial charge in [0.25, 0.3) is 0 Å². The van der Waals surface area contributed by atoms with Gasteiger partial charge in [-0.15, -0.1) is 0 Å². The van der Waals surface area contributed by atoms with E-state index < -0.39 is 5.54 Å². The minimum atomic E-state index is -0.643.